The number of nitrogens with one attached hydrogen (secondary N) is 1. The Balaban J connectivity index is 1.45. The van der Waals surface area contributed by atoms with Crippen LogP contribution in [-0.2, 0) is 4.79 Å². The first-order valence-electron chi connectivity index (χ1n) is 10.4. The first-order chi connectivity index (χ1) is 14.1. The maximum absolute atomic E-state index is 13.1. The molecule has 0 bridgehead atoms. The van der Waals surface area contributed by atoms with E-state index >= 15 is 0 Å². The third kappa shape index (κ3) is 3.72. The van der Waals surface area contributed by atoms with Gasteiger partial charge in [-0.15, -0.1) is 0 Å². The maximum Gasteiger partial charge on any atom is 0.326 e. The van der Waals surface area contributed by atoms with Crippen LogP contribution < -0.4 is 10.6 Å². The van der Waals surface area contributed by atoms with Crippen LogP contribution in [0.5, 0.6) is 0 Å². The van der Waals surface area contributed by atoms with Crippen LogP contribution in [0, 0.1) is 0 Å². The van der Waals surface area contributed by atoms with E-state index in [4.69, 9.17) is 0 Å². The van der Waals surface area contributed by atoms with Crippen molar-refractivity contribution in [1.82, 2.24) is 14.5 Å². The van der Waals surface area contributed by atoms with Gasteiger partial charge in [-0.25, -0.2) is 4.79 Å². The van der Waals surface area contributed by atoms with Gasteiger partial charge < -0.3 is 9.88 Å². The van der Waals surface area contributed by atoms with Gasteiger partial charge in [-0.1, -0.05) is 30.3 Å². The van der Waals surface area contributed by atoms with Gasteiger partial charge in [-0.05, 0) is 51.0 Å². The Morgan fingerprint density at radius 3 is 2.45 bits per heavy atom. The van der Waals surface area contributed by atoms with Gasteiger partial charge in [0.25, 0.3) is 0 Å². The molecule has 1 aromatic heterocycles. The summed E-state index contributed by atoms with van der Waals surface area (Å²) in [5.74, 6) is 0.126. The summed E-state index contributed by atoms with van der Waals surface area (Å²) in [5.41, 5.74) is 2.73. The number of rotatable bonds is 5. The summed E-state index contributed by atoms with van der Waals surface area (Å²) in [4.78, 5) is 32.7. The largest absolute Gasteiger partial charge is 0.326 e. The summed E-state index contributed by atoms with van der Waals surface area (Å²) in [6.07, 6.45) is 1.72. The van der Waals surface area contributed by atoms with Crippen molar-refractivity contribution in [1.29, 1.82) is 0 Å². The Morgan fingerprint density at radius 2 is 1.76 bits per heavy atom. The fourth-order valence-electron chi connectivity index (χ4n) is 4.42. The molecule has 152 valence electrons. The second-order valence-electron chi connectivity index (χ2n) is 7.68. The fraction of sp³-hybridized carbons (Fsp3) is 0.391. The van der Waals surface area contributed by atoms with E-state index in [0.29, 0.717) is 6.54 Å². The van der Waals surface area contributed by atoms with E-state index in [1.165, 1.54) is 0 Å². The quantitative estimate of drug-likeness (QED) is 0.724. The Morgan fingerprint density at radius 1 is 1.10 bits per heavy atom. The smallest absolute Gasteiger partial charge is 0.311 e. The van der Waals surface area contributed by atoms with Crippen LogP contribution in [0.1, 0.15) is 32.7 Å². The minimum Gasteiger partial charge on any atom is -0.311 e. The predicted molar refractivity (Wildman–Crippen MR) is 116 cm³/mol. The minimum absolute atomic E-state index is 0.0463. The molecule has 2 heterocycles. The highest BCUT2D eigenvalue weighted by molar-refractivity contribution is 5.96. The van der Waals surface area contributed by atoms with Crippen LogP contribution in [0.15, 0.2) is 59.4 Å². The molecule has 2 aromatic carbocycles. The normalized spacial score (nSPS) is 16.8. The Bertz CT molecular complexity index is 1030. The molecule has 0 spiro atoms. The van der Waals surface area contributed by atoms with Crippen molar-refractivity contribution in [3.8, 4) is 0 Å². The predicted octanol–water partition coefficient (Wildman–Crippen LogP) is 3.41. The van der Waals surface area contributed by atoms with E-state index < -0.39 is 0 Å². The van der Waals surface area contributed by atoms with Crippen molar-refractivity contribution in [2.45, 2.75) is 38.8 Å². The lowest BCUT2D eigenvalue weighted by molar-refractivity contribution is -0.123. The molecule has 0 saturated carbocycles. The highest BCUT2D eigenvalue weighted by Gasteiger charge is 2.31. The number of hydrogen-bond donors (Lipinski definition) is 1. The summed E-state index contributed by atoms with van der Waals surface area (Å²) < 4.78 is 1.89. The van der Waals surface area contributed by atoms with E-state index in [0.717, 1.165) is 42.7 Å². The molecule has 4 rings (SSSR count). The number of benzene rings is 2. The monoisotopic (exact) mass is 392 g/mol. The summed E-state index contributed by atoms with van der Waals surface area (Å²) >= 11 is 0. The number of aromatic nitrogens is 2. The Kier molecular flexibility index (Phi) is 5.53. The van der Waals surface area contributed by atoms with Crippen molar-refractivity contribution >= 4 is 22.6 Å². The van der Waals surface area contributed by atoms with E-state index in [9.17, 15) is 9.59 Å². The van der Waals surface area contributed by atoms with Crippen molar-refractivity contribution in [2.24, 2.45) is 0 Å². The van der Waals surface area contributed by atoms with Gasteiger partial charge in [0.2, 0.25) is 5.91 Å². The lowest BCUT2D eigenvalue weighted by Crippen LogP contribution is -2.50. The van der Waals surface area contributed by atoms with E-state index in [1.807, 2.05) is 77.9 Å². The number of piperidine rings is 1. The molecule has 3 aromatic rings. The van der Waals surface area contributed by atoms with Gasteiger partial charge in [0.15, 0.2) is 0 Å². The molecular weight excluding hydrogens is 364 g/mol. The van der Waals surface area contributed by atoms with Crippen molar-refractivity contribution in [3.05, 3.63) is 65.1 Å². The number of carbonyl (C=O) groups is 1. The third-order valence-electron chi connectivity index (χ3n) is 6.04. The van der Waals surface area contributed by atoms with Gasteiger partial charge in [0, 0.05) is 31.4 Å². The number of nitrogens with zero attached hydrogens (tertiary/aromatic N) is 3. The molecule has 0 aliphatic carbocycles. The lowest BCUT2D eigenvalue weighted by Gasteiger charge is -2.37. The zero-order valence-corrected chi connectivity index (χ0v) is 17.0. The van der Waals surface area contributed by atoms with Crippen LogP contribution >= 0.6 is 0 Å². The second-order valence-corrected chi connectivity index (χ2v) is 7.68. The van der Waals surface area contributed by atoms with Crippen molar-refractivity contribution < 1.29 is 4.79 Å². The molecule has 1 atom stereocenters. The standard InChI is InChI=1S/C23H28N4O2/c1-3-26(18-9-5-4-6-10-18)22(28)17(2)25-15-13-19(14-16-25)27-21-12-8-7-11-20(21)24-23(27)29/h4-12,17,19H,3,13-16H2,1-2H3,(H,24,29)/t17-/m1/s1. The number of carbonyl (C=O) groups excluding carboxylic acids is 1. The molecule has 29 heavy (non-hydrogen) atoms. The SMILES string of the molecule is CCN(C(=O)[C@@H](C)N1CCC(n2c(=O)[nH]c3ccccc32)CC1)c1ccccc1. The van der Waals surface area contributed by atoms with Crippen LogP contribution in [0.4, 0.5) is 5.69 Å². The lowest BCUT2D eigenvalue weighted by atomic mass is 10.0. The average molecular weight is 393 g/mol. The zero-order chi connectivity index (χ0) is 20.4. The number of H-pyrrole nitrogens is 1. The molecule has 0 unspecified atom stereocenters. The highest BCUT2D eigenvalue weighted by Crippen LogP contribution is 2.26. The molecule has 1 saturated heterocycles. The summed E-state index contributed by atoms with van der Waals surface area (Å²) in [6, 6.07) is 17.6. The molecule has 0 radical (unpaired) electrons. The second kappa shape index (κ2) is 8.25. The summed E-state index contributed by atoms with van der Waals surface area (Å²) in [7, 11) is 0. The number of likely N-dealkylation sites (tertiary alicyclic amines) is 1. The van der Waals surface area contributed by atoms with Gasteiger partial charge in [-0.3, -0.25) is 14.3 Å². The van der Waals surface area contributed by atoms with E-state index in [1.54, 1.807) is 0 Å². The molecule has 1 amide bonds. The van der Waals surface area contributed by atoms with Gasteiger partial charge in [0.1, 0.15) is 0 Å². The number of amides is 1. The molecule has 1 aliphatic heterocycles. The summed E-state index contributed by atoms with van der Waals surface area (Å²) in [6.45, 7) is 6.25. The van der Waals surface area contributed by atoms with Crippen molar-refractivity contribution in [2.75, 3.05) is 24.5 Å². The van der Waals surface area contributed by atoms with Crippen molar-refractivity contribution in [3.63, 3.8) is 0 Å². The molecular formula is C23H28N4O2. The molecule has 6 heteroatoms. The topological polar surface area (TPSA) is 61.3 Å². The number of para-hydroxylation sites is 3. The fourth-order valence-corrected chi connectivity index (χ4v) is 4.42. The number of fused-ring (bicyclic) bond motifs is 1. The zero-order valence-electron chi connectivity index (χ0n) is 17.0. The molecule has 6 nitrogen and oxygen atoms in total. The number of hydrogen-bond acceptors (Lipinski definition) is 3. The molecule has 1 aliphatic rings. The van der Waals surface area contributed by atoms with E-state index in [-0.39, 0.29) is 23.7 Å². The highest BCUT2D eigenvalue weighted by atomic mass is 16.2. The first kappa shape index (κ1) is 19.5. The number of anilines is 1. The van der Waals surface area contributed by atoms with Crippen LogP contribution in [0.3, 0.4) is 0 Å². The van der Waals surface area contributed by atoms with Crippen LogP contribution in [0.25, 0.3) is 11.0 Å². The van der Waals surface area contributed by atoms with E-state index in [2.05, 4.69) is 9.88 Å². The summed E-state index contributed by atoms with van der Waals surface area (Å²) in [5, 5.41) is 0. The van der Waals surface area contributed by atoms with Gasteiger partial charge in [0.05, 0.1) is 17.1 Å². The Labute approximate surface area is 170 Å². The number of likely N-dealkylation sites (N-methyl/N-ethyl adjacent to an activating group) is 1. The van der Waals surface area contributed by atoms with Gasteiger partial charge in [-0.2, -0.15) is 0 Å². The molecule has 1 N–H and O–H groups in total. The minimum atomic E-state index is -0.184. The maximum atomic E-state index is 13.1. The number of aromatic amines is 1. The number of imidazole rings is 1. The third-order valence-corrected chi connectivity index (χ3v) is 6.04. The van der Waals surface area contributed by atoms with Gasteiger partial charge >= 0.3 is 5.69 Å². The molecule has 1 fully saturated rings. The average Bonchev–Trinajstić information content (AvgIpc) is 3.10. The van der Waals surface area contributed by atoms with Crippen LogP contribution in [-0.4, -0.2) is 46.0 Å². The van der Waals surface area contributed by atoms with Crippen LogP contribution in [0.2, 0.25) is 0 Å². The Hall–Kier alpha value is -2.86. The first-order valence-corrected chi connectivity index (χ1v) is 10.4.